The van der Waals surface area contributed by atoms with Crippen molar-refractivity contribution >= 4 is 34.4 Å². The molecule has 80 valence electrons. The van der Waals surface area contributed by atoms with Gasteiger partial charge < -0.3 is 0 Å². The number of hydrogen-bond acceptors (Lipinski definition) is 4. The van der Waals surface area contributed by atoms with E-state index >= 15 is 0 Å². The van der Waals surface area contributed by atoms with E-state index in [4.69, 9.17) is 0 Å². The zero-order valence-electron chi connectivity index (χ0n) is 8.80. The summed E-state index contributed by atoms with van der Waals surface area (Å²) in [6.45, 7) is 2.11. The molecule has 0 bridgehead atoms. The van der Waals surface area contributed by atoms with Crippen LogP contribution in [0.1, 0.15) is 11.9 Å². The lowest BCUT2D eigenvalue weighted by molar-refractivity contribution is 1.10. The molecule has 1 heterocycles. The highest BCUT2D eigenvalue weighted by Gasteiger charge is 2.02. The van der Waals surface area contributed by atoms with Gasteiger partial charge in [-0.1, -0.05) is 19.1 Å². The molecule has 0 atom stereocenters. The molecule has 16 heavy (non-hydrogen) atoms. The van der Waals surface area contributed by atoms with Crippen LogP contribution >= 0.6 is 23.6 Å². The van der Waals surface area contributed by atoms with Crippen molar-refractivity contribution in [2.75, 3.05) is 0 Å². The zero-order valence-corrected chi connectivity index (χ0v) is 10.4. The van der Waals surface area contributed by atoms with Gasteiger partial charge >= 0.3 is 0 Å². The second kappa shape index (κ2) is 5.12. The molecule has 1 aromatic carbocycles. The molecule has 0 amide bonds. The maximum absolute atomic E-state index is 4.55. The molecule has 2 nitrogen and oxygen atoms in total. The number of aliphatic imine (C=N–C) groups is 1. The van der Waals surface area contributed by atoms with Gasteiger partial charge in [-0.15, -0.1) is 11.3 Å². The highest BCUT2D eigenvalue weighted by atomic mass is 32.1. The predicted molar refractivity (Wildman–Crippen MR) is 71.6 cm³/mol. The first-order valence-corrected chi connectivity index (χ1v) is 6.25. The number of thiazole rings is 1. The second-order valence-corrected chi connectivity index (χ2v) is 4.36. The van der Waals surface area contributed by atoms with Crippen LogP contribution in [0, 0.1) is 0 Å². The monoisotopic (exact) mass is 246 g/mol. The van der Waals surface area contributed by atoms with E-state index in [0.717, 1.165) is 28.4 Å². The van der Waals surface area contributed by atoms with Gasteiger partial charge in [-0.25, -0.2) is 4.98 Å². The fourth-order valence-corrected chi connectivity index (χ4v) is 2.22. The third-order valence-corrected chi connectivity index (χ3v) is 3.28. The normalized spacial score (nSPS) is 9.81. The van der Waals surface area contributed by atoms with Crippen LogP contribution in [0.3, 0.4) is 0 Å². The first-order chi connectivity index (χ1) is 7.83. The summed E-state index contributed by atoms with van der Waals surface area (Å²) in [5.74, 6) is 0. The molecule has 0 spiro atoms. The SMILES string of the molecule is CCc1nc(-c2ccc(N=C=S)cc2)cs1. The van der Waals surface area contributed by atoms with Crippen molar-refractivity contribution in [1.82, 2.24) is 4.98 Å². The summed E-state index contributed by atoms with van der Waals surface area (Å²) < 4.78 is 0. The molecule has 2 rings (SSSR count). The van der Waals surface area contributed by atoms with Crippen molar-refractivity contribution in [2.24, 2.45) is 4.99 Å². The number of aryl methyl sites for hydroxylation is 1. The average molecular weight is 246 g/mol. The fourth-order valence-electron chi connectivity index (χ4n) is 1.37. The molecule has 1 aromatic heterocycles. The Labute approximate surface area is 104 Å². The van der Waals surface area contributed by atoms with Crippen LogP contribution in [0.4, 0.5) is 5.69 Å². The summed E-state index contributed by atoms with van der Waals surface area (Å²) >= 11 is 6.25. The first kappa shape index (κ1) is 11.1. The van der Waals surface area contributed by atoms with Gasteiger partial charge in [0.05, 0.1) is 21.6 Å². The summed E-state index contributed by atoms with van der Waals surface area (Å²) in [6, 6.07) is 7.83. The lowest BCUT2D eigenvalue weighted by atomic mass is 10.1. The van der Waals surface area contributed by atoms with Gasteiger partial charge in [-0.3, -0.25) is 0 Å². The number of rotatable bonds is 3. The van der Waals surface area contributed by atoms with Crippen molar-refractivity contribution in [1.29, 1.82) is 0 Å². The van der Waals surface area contributed by atoms with E-state index in [1.165, 1.54) is 0 Å². The van der Waals surface area contributed by atoms with Crippen LogP contribution in [0.5, 0.6) is 0 Å². The number of hydrogen-bond donors (Lipinski definition) is 0. The Balaban J connectivity index is 2.30. The Morgan fingerprint density at radius 1 is 1.38 bits per heavy atom. The Bertz CT molecular complexity index is 522. The van der Waals surface area contributed by atoms with Gasteiger partial charge in [0.25, 0.3) is 0 Å². The van der Waals surface area contributed by atoms with E-state index in [0.29, 0.717) is 0 Å². The van der Waals surface area contributed by atoms with E-state index in [9.17, 15) is 0 Å². The van der Waals surface area contributed by atoms with E-state index < -0.39 is 0 Å². The summed E-state index contributed by atoms with van der Waals surface area (Å²) in [5.41, 5.74) is 2.96. The smallest absolute Gasteiger partial charge is 0.0929 e. The predicted octanol–water partition coefficient (Wildman–Crippen LogP) is 4.11. The molecule has 0 fully saturated rings. The fraction of sp³-hybridized carbons (Fsp3) is 0.167. The van der Waals surface area contributed by atoms with Crippen LogP contribution in [0.25, 0.3) is 11.3 Å². The summed E-state index contributed by atoms with van der Waals surface area (Å²) in [7, 11) is 0. The quantitative estimate of drug-likeness (QED) is 0.601. The van der Waals surface area contributed by atoms with Crippen molar-refractivity contribution in [3.63, 3.8) is 0 Å². The second-order valence-electron chi connectivity index (χ2n) is 3.23. The Morgan fingerprint density at radius 2 is 2.12 bits per heavy atom. The highest BCUT2D eigenvalue weighted by Crippen LogP contribution is 2.24. The van der Waals surface area contributed by atoms with Crippen LogP contribution < -0.4 is 0 Å². The minimum absolute atomic E-state index is 0.824. The van der Waals surface area contributed by atoms with Crippen LogP contribution in [0.2, 0.25) is 0 Å². The molecule has 4 heteroatoms. The molecule has 0 saturated heterocycles. The molecule has 0 radical (unpaired) electrons. The minimum Gasteiger partial charge on any atom is -0.241 e. The summed E-state index contributed by atoms with van der Waals surface area (Å²) in [6.07, 6.45) is 0.984. The lowest BCUT2D eigenvalue weighted by Crippen LogP contribution is -1.79. The molecule has 0 N–H and O–H groups in total. The lowest BCUT2D eigenvalue weighted by Gasteiger charge is -1.96. The number of nitrogens with zero attached hydrogens (tertiary/aromatic N) is 2. The van der Waals surface area contributed by atoms with E-state index in [1.54, 1.807) is 11.3 Å². The molecule has 0 saturated carbocycles. The topological polar surface area (TPSA) is 25.2 Å². The maximum Gasteiger partial charge on any atom is 0.0929 e. The van der Waals surface area contributed by atoms with Gasteiger partial charge in [0, 0.05) is 10.9 Å². The molecule has 0 unspecified atom stereocenters. The van der Waals surface area contributed by atoms with Crippen molar-refractivity contribution < 1.29 is 0 Å². The molecule has 0 aliphatic carbocycles. The van der Waals surface area contributed by atoms with Crippen molar-refractivity contribution in [3.05, 3.63) is 34.7 Å². The zero-order chi connectivity index (χ0) is 11.4. The number of benzene rings is 1. The van der Waals surface area contributed by atoms with Gasteiger partial charge in [-0.05, 0) is 30.8 Å². The van der Waals surface area contributed by atoms with Crippen molar-refractivity contribution in [2.45, 2.75) is 13.3 Å². The molecule has 2 aromatic rings. The Hall–Kier alpha value is -1.35. The van der Waals surface area contributed by atoms with Crippen LogP contribution in [-0.2, 0) is 6.42 Å². The van der Waals surface area contributed by atoms with Crippen LogP contribution in [0.15, 0.2) is 34.6 Å². The van der Waals surface area contributed by atoms with Gasteiger partial charge in [0.2, 0.25) is 0 Å². The molecule has 0 aliphatic heterocycles. The van der Waals surface area contributed by atoms with E-state index in [2.05, 4.69) is 39.7 Å². The molecule has 0 aliphatic rings. The third-order valence-electron chi connectivity index (χ3n) is 2.19. The van der Waals surface area contributed by atoms with Crippen molar-refractivity contribution in [3.8, 4) is 11.3 Å². The number of aromatic nitrogens is 1. The van der Waals surface area contributed by atoms with E-state index in [1.807, 2.05) is 24.3 Å². The standard InChI is InChI=1S/C12H10N2S2/c1-2-12-14-11(7-16-12)9-3-5-10(6-4-9)13-8-15/h3-7H,2H2,1H3. The summed E-state index contributed by atoms with van der Waals surface area (Å²) in [4.78, 5) is 8.44. The highest BCUT2D eigenvalue weighted by molar-refractivity contribution is 7.78. The summed E-state index contributed by atoms with van der Waals surface area (Å²) in [5, 5.41) is 5.59. The number of isothiocyanates is 1. The molecular weight excluding hydrogens is 236 g/mol. The largest absolute Gasteiger partial charge is 0.241 e. The Morgan fingerprint density at radius 3 is 2.69 bits per heavy atom. The van der Waals surface area contributed by atoms with E-state index in [-0.39, 0.29) is 0 Å². The van der Waals surface area contributed by atoms with Gasteiger partial charge in [-0.2, -0.15) is 4.99 Å². The first-order valence-electron chi connectivity index (χ1n) is 4.96. The minimum atomic E-state index is 0.824. The number of thiocarbonyl (C=S) groups is 1. The maximum atomic E-state index is 4.55. The van der Waals surface area contributed by atoms with Gasteiger partial charge in [0.15, 0.2) is 0 Å². The van der Waals surface area contributed by atoms with Gasteiger partial charge in [0.1, 0.15) is 0 Å². The Kier molecular flexibility index (Phi) is 3.57. The molecular formula is C12H10N2S2. The average Bonchev–Trinajstić information content (AvgIpc) is 2.79. The third kappa shape index (κ3) is 2.42. The van der Waals surface area contributed by atoms with Crippen LogP contribution in [-0.4, -0.2) is 10.1 Å².